The maximum Gasteiger partial charge on any atom is 0.0636 e. The van der Waals surface area contributed by atoms with E-state index in [9.17, 15) is 13.7 Å². The van der Waals surface area contributed by atoms with Crippen molar-refractivity contribution in [1.29, 1.82) is 0 Å². The van der Waals surface area contributed by atoms with Crippen molar-refractivity contribution in [3.05, 3.63) is 181 Å². The highest BCUT2D eigenvalue weighted by molar-refractivity contribution is 6.20. The molecule has 0 heterocycles. The van der Waals surface area contributed by atoms with Gasteiger partial charge in [-0.1, -0.05) is 157 Å². The van der Waals surface area contributed by atoms with Gasteiger partial charge in [-0.15, -0.1) is 0 Å². The van der Waals surface area contributed by atoms with Gasteiger partial charge in [0.05, 0.1) is 41.1 Å². The van der Waals surface area contributed by atoms with Crippen LogP contribution >= 0.6 is 0 Å². The lowest BCUT2D eigenvalue weighted by atomic mass is 9.85. The van der Waals surface area contributed by atoms with Crippen LogP contribution in [0.2, 0.25) is 0 Å². The molecule has 0 radical (unpaired) electrons. The molecule has 0 amide bonds. The maximum atomic E-state index is 10.0. The highest BCUT2D eigenvalue weighted by atomic mass is 14.2. The molecule has 9 aromatic carbocycles. The van der Waals surface area contributed by atoms with Gasteiger partial charge < -0.3 is 0 Å². The number of hydrogen-bond donors (Lipinski definition) is 0. The molecule has 0 aliphatic carbocycles. The Morgan fingerprint density at radius 3 is 1.70 bits per heavy atom. The van der Waals surface area contributed by atoms with Crippen LogP contribution in [-0.2, 0) is 0 Å². The molecule has 0 aromatic heterocycles. The van der Waals surface area contributed by atoms with Gasteiger partial charge in [0, 0.05) is 0 Å². The molecular formula is C46H30. The topological polar surface area (TPSA) is 0 Å². The molecule has 0 saturated carbocycles. The van der Waals surface area contributed by atoms with Crippen LogP contribution in [0.4, 0.5) is 0 Å². The lowest BCUT2D eigenvalue weighted by Crippen LogP contribution is -1.91. The van der Waals surface area contributed by atoms with Gasteiger partial charge in [0.2, 0.25) is 0 Å². The van der Waals surface area contributed by atoms with Crippen LogP contribution < -0.4 is 0 Å². The summed E-state index contributed by atoms with van der Waals surface area (Å²) in [7, 11) is 0. The highest BCUT2D eigenvalue weighted by Gasteiger charge is 2.17. The van der Waals surface area contributed by atoms with Gasteiger partial charge in [0.1, 0.15) is 0 Å². The zero-order valence-corrected chi connectivity index (χ0v) is 23.0. The lowest BCUT2D eigenvalue weighted by Gasteiger charge is -2.18. The minimum Gasteiger partial charge on any atom is -0.0622 e. The smallest absolute Gasteiger partial charge is 0.0622 e. The van der Waals surface area contributed by atoms with Crippen LogP contribution in [-0.4, -0.2) is 0 Å². The van der Waals surface area contributed by atoms with E-state index < -0.39 is 269 Å². The van der Waals surface area contributed by atoms with E-state index in [1.807, 2.05) is 0 Å². The number of fused-ring (bicyclic) bond motifs is 4. The standard InChI is InChI=1S/C46H30/c1-2-11-31(12-3-1)39-29-43(35-24-21-33(22-25-35)37-26-23-32-13-4-5-15-36(32)27-37)44-28-38-16-7-9-19-41(38)46(45(44)30-39)42-20-10-17-34-14-6-8-18-40(34)42/h1-30H/i1D,2D,3D,4D,5D,6D,7D,8D,9D,10D,11D,12D,13D,14D,15D,16D,17D,18D,19D,20D,21D,22D,23D,24D,25D,26D,27D,28D,29D,30D. The second-order valence-electron chi connectivity index (χ2n) is 9.75. The Hall–Kier alpha value is -5.98. The fourth-order valence-electron chi connectivity index (χ4n) is 5.09. The van der Waals surface area contributed by atoms with E-state index in [4.69, 9.17) is 27.4 Å². The first-order valence-corrected chi connectivity index (χ1v) is 13.5. The van der Waals surface area contributed by atoms with Gasteiger partial charge >= 0.3 is 0 Å². The molecule has 0 spiro atoms. The van der Waals surface area contributed by atoms with E-state index in [1.165, 1.54) is 0 Å². The number of hydrogen-bond acceptors (Lipinski definition) is 0. The predicted octanol–water partition coefficient (Wildman–Crippen LogP) is 13.0. The van der Waals surface area contributed by atoms with Crippen molar-refractivity contribution in [1.82, 2.24) is 0 Å². The summed E-state index contributed by atoms with van der Waals surface area (Å²) in [6, 6.07) is -30.1. The molecule has 0 fully saturated rings. The van der Waals surface area contributed by atoms with Gasteiger partial charge in [-0.2, -0.15) is 0 Å². The Morgan fingerprint density at radius 2 is 0.870 bits per heavy atom. The number of rotatable bonds is 4. The number of benzene rings is 9. The fourth-order valence-corrected chi connectivity index (χ4v) is 5.09. The van der Waals surface area contributed by atoms with E-state index in [2.05, 4.69) is 0 Å². The van der Waals surface area contributed by atoms with E-state index >= 15 is 0 Å². The average Bonchev–Trinajstić information content (AvgIpc) is 3.38. The third kappa shape index (κ3) is 4.47. The van der Waals surface area contributed by atoms with Gasteiger partial charge in [0.25, 0.3) is 0 Å². The minimum absolute atomic E-state index is 0.573. The summed E-state index contributed by atoms with van der Waals surface area (Å²) in [5.74, 6) is 0. The molecule has 0 nitrogen and oxygen atoms in total. The van der Waals surface area contributed by atoms with E-state index in [0.29, 0.717) is 0 Å². The Bertz CT molecular complexity index is 4210. The maximum absolute atomic E-state index is 10.0. The molecular weight excluding hydrogens is 553 g/mol. The summed E-state index contributed by atoms with van der Waals surface area (Å²) in [6.45, 7) is 0. The van der Waals surface area contributed by atoms with Gasteiger partial charge in [0.15, 0.2) is 0 Å². The molecule has 0 aliphatic rings. The SMILES string of the molecule is [2H]c1c([2H])c([2H])c(-c2c([2H])c(-c3c([2H])c([2H])c(-c4c([2H])c([2H])c5c([2H])c([2H])c([2H])c([2H])c5c4[2H])c([2H])c3[2H])c3c([2H])c4c([2H])c([2H])c([2H])c([2H])c4c(-c4c([2H])c([2H])c([2H])c5c([2H])c([2H])c([2H])c([2H])c45)c3c2[2H])c([2H])c1[2H]. The average molecular weight is 613 g/mol. The zero-order chi connectivity index (χ0) is 56.6. The second-order valence-corrected chi connectivity index (χ2v) is 9.75. The van der Waals surface area contributed by atoms with Crippen molar-refractivity contribution in [2.75, 3.05) is 0 Å². The minimum atomic E-state index is -1.19. The van der Waals surface area contributed by atoms with Crippen LogP contribution in [0.3, 0.4) is 0 Å². The molecule has 9 rings (SSSR count). The molecule has 0 aliphatic heterocycles. The quantitative estimate of drug-likeness (QED) is 0.173. The highest BCUT2D eigenvalue weighted by Crippen LogP contribution is 2.44. The molecule has 0 saturated heterocycles. The Morgan fingerprint density at radius 1 is 0.261 bits per heavy atom. The molecule has 0 N–H and O–H groups in total. The Kier molecular flexibility index (Phi) is 2.37. The van der Waals surface area contributed by atoms with Crippen molar-refractivity contribution >= 4 is 43.1 Å². The summed E-state index contributed by atoms with van der Waals surface area (Å²) >= 11 is 0. The van der Waals surface area contributed by atoms with Gasteiger partial charge in [-0.25, -0.2) is 0 Å². The molecule has 0 heteroatoms. The van der Waals surface area contributed by atoms with Crippen LogP contribution in [0.15, 0.2) is 181 Å². The largest absolute Gasteiger partial charge is 0.0636 e. The predicted molar refractivity (Wildman–Crippen MR) is 198 cm³/mol. The molecule has 0 unspecified atom stereocenters. The lowest BCUT2D eigenvalue weighted by molar-refractivity contribution is 1.60. The third-order valence-electron chi connectivity index (χ3n) is 7.12. The molecule has 0 bridgehead atoms. The van der Waals surface area contributed by atoms with Crippen molar-refractivity contribution < 1.29 is 41.1 Å². The first kappa shape index (κ1) is 10.0. The summed E-state index contributed by atoms with van der Waals surface area (Å²) in [5, 5.41) is -5.95. The summed E-state index contributed by atoms with van der Waals surface area (Å²) in [5.41, 5.74) is -7.24. The van der Waals surface area contributed by atoms with Crippen LogP contribution in [0.5, 0.6) is 0 Å². The van der Waals surface area contributed by atoms with Crippen molar-refractivity contribution in [2.24, 2.45) is 0 Å². The third-order valence-corrected chi connectivity index (χ3v) is 7.12. The normalized spacial score (nSPS) is 20.6. The van der Waals surface area contributed by atoms with Crippen LogP contribution in [0.25, 0.3) is 87.6 Å². The zero-order valence-electron chi connectivity index (χ0n) is 53.0. The van der Waals surface area contributed by atoms with Crippen molar-refractivity contribution in [3.63, 3.8) is 0 Å². The molecule has 46 heavy (non-hydrogen) atoms. The van der Waals surface area contributed by atoms with Crippen molar-refractivity contribution in [3.8, 4) is 44.5 Å². The first-order valence-electron chi connectivity index (χ1n) is 28.5. The molecule has 214 valence electrons. The second kappa shape index (κ2) is 10.9. The van der Waals surface area contributed by atoms with E-state index in [1.54, 1.807) is 0 Å². The van der Waals surface area contributed by atoms with E-state index in [0.717, 1.165) is 0 Å². The first-order chi connectivity index (χ1) is 35.3. The van der Waals surface area contributed by atoms with E-state index in [-0.39, 0.29) is 0 Å². The van der Waals surface area contributed by atoms with Gasteiger partial charge in [-0.3, -0.25) is 0 Å². The Balaban J connectivity index is 1.64. The Labute approximate surface area is 311 Å². The summed E-state index contributed by atoms with van der Waals surface area (Å²) in [4.78, 5) is 0. The van der Waals surface area contributed by atoms with Crippen LogP contribution in [0, 0.1) is 0 Å². The molecule has 0 atom stereocenters. The monoisotopic (exact) mass is 612 g/mol. The fraction of sp³-hybridized carbons (Fsp3) is 0. The summed E-state index contributed by atoms with van der Waals surface area (Å²) in [6.07, 6.45) is 0. The van der Waals surface area contributed by atoms with Crippen LogP contribution in [0.1, 0.15) is 41.1 Å². The molecule has 9 aromatic rings. The van der Waals surface area contributed by atoms with Gasteiger partial charge in [-0.05, 0) is 112 Å². The summed E-state index contributed by atoms with van der Waals surface area (Å²) < 4.78 is 270. The van der Waals surface area contributed by atoms with Crippen molar-refractivity contribution in [2.45, 2.75) is 0 Å².